The summed E-state index contributed by atoms with van der Waals surface area (Å²) in [5, 5.41) is 0.513. The van der Waals surface area contributed by atoms with E-state index in [0.29, 0.717) is 34.3 Å². The first kappa shape index (κ1) is 18.1. The highest BCUT2D eigenvalue weighted by molar-refractivity contribution is 7.71. The van der Waals surface area contributed by atoms with Crippen LogP contribution >= 0.6 is 12.2 Å². The van der Waals surface area contributed by atoms with Gasteiger partial charge in [-0.3, -0.25) is 14.2 Å². The second-order valence-corrected chi connectivity index (χ2v) is 6.02. The van der Waals surface area contributed by atoms with E-state index in [9.17, 15) is 9.59 Å². The summed E-state index contributed by atoms with van der Waals surface area (Å²) < 4.78 is 1.78. The highest BCUT2D eigenvalue weighted by atomic mass is 32.1. The smallest absolute Gasteiger partial charge is 0.262 e. The van der Waals surface area contributed by atoms with Crippen LogP contribution in [0.5, 0.6) is 0 Å². The van der Waals surface area contributed by atoms with Gasteiger partial charge < -0.3 is 9.88 Å². The van der Waals surface area contributed by atoms with Crippen LogP contribution in [-0.4, -0.2) is 33.4 Å². The molecule has 0 saturated carbocycles. The molecule has 0 aliphatic rings. The minimum absolute atomic E-state index is 0.0255. The van der Waals surface area contributed by atoms with E-state index in [4.69, 9.17) is 12.2 Å². The zero-order valence-corrected chi connectivity index (χ0v) is 15.0. The number of amides is 1. The van der Waals surface area contributed by atoms with Crippen molar-refractivity contribution in [1.29, 1.82) is 0 Å². The molecule has 1 aromatic carbocycles. The third-order valence-corrected chi connectivity index (χ3v) is 4.31. The molecule has 5 nitrogen and oxygen atoms in total. The second kappa shape index (κ2) is 8.06. The molecule has 0 radical (unpaired) electrons. The van der Waals surface area contributed by atoms with Crippen molar-refractivity contribution in [3.63, 3.8) is 0 Å². The summed E-state index contributed by atoms with van der Waals surface area (Å²) in [4.78, 5) is 30.0. The third-order valence-electron chi connectivity index (χ3n) is 3.99. The Bertz CT molecular complexity index is 867. The molecule has 24 heavy (non-hydrogen) atoms. The molecule has 6 heteroatoms. The van der Waals surface area contributed by atoms with Crippen molar-refractivity contribution in [2.24, 2.45) is 0 Å². The van der Waals surface area contributed by atoms with Crippen molar-refractivity contribution < 1.29 is 4.79 Å². The molecule has 1 aromatic heterocycles. The van der Waals surface area contributed by atoms with Crippen LogP contribution in [0.2, 0.25) is 0 Å². The maximum absolute atomic E-state index is 12.7. The van der Waals surface area contributed by atoms with Crippen LogP contribution in [0.15, 0.2) is 35.6 Å². The normalized spacial score (nSPS) is 10.8. The minimum Gasteiger partial charge on any atom is -0.339 e. The van der Waals surface area contributed by atoms with Crippen LogP contribution in [0.4, 0.5) is 0 Å². The van der Waals surface area contributed by atoms with Gasteiger partial charge in [0.05, 0.1) is 10.9 Å². The number of nitrogens with zero attached hydrogens (tertiary/aromatic N) is 2. The summed E-state index contributed by atoms with van der Waals surface area (Å²) in [7, 11) is 0. The second-order valence-electron chi connectivity index (χ2n) is 5.63. The fraction of sp³-hybridized carbons (Fsp3) is 0.389. The lowest BCUT2D eigenvalue weighted by molar-refractivity contribution is 0.0762. The number of rotatable bonds is 7. The van der Waals surface area contributed by atoms with E-state index in [1.165, 1.54) is 4.57 Å². The monoisotopic (exact) mass is 345 g/mol. The Morgan fingerprint density at radius 1 is 1.42 bits per heavy atom. The van der Waals surface area contributed by atoms with E-state index >= 15 is 0 Å². The van der Waals surface area contributed by atoms with Crippen LogP contribution < -0.4 is 5.56 Å². The van der Waals surface area contributed by atoms with Crippen LogP contribution in [-0.2, 0) is 6.54 Å². The summed E-state index contributed by atoms with van der Waals surface area (Å²) in [5.74, 6) is -0.0255. The standard InChI is InChI=1S/C18H23N3O2S/c1-4-7-11-20(6-3)16(22)13-8-9-14-15(12-13)19-18(24)21(10-5-2)17(14)23/h5,8-9,12H,2,4,6-7,10-11H2,1,3H3,(H,19,24). The molecule has 0 aliphatic heterocycles. The molecule has 128 valence electrons. The van der Waals surface area contributed by atoms with Gasteiger partial charge in [0, 0.05) is 25.2 Å². The molecule has 0 unspecified atom stereocenters. The molecular weight excluding hydrogens is 322 g/mol. The van der Waals surface area contributed by atoms with E-state index in [1.807, 2.05) is 11.8 Å². The Morgan fingerprint density at radius 2 is 2.17 bits per heavy atom. The summed E-state index contributed by atoms with van der Waals surface area (Å²) >= 11 is 5.24. The predicted octanol–water partition coefficient (Wildman–Crippen LogP) is 3.51. The Morgan fingerprint density at radius 3 is 2.79 bits per heavy atom. The van der Waals surface area contributed by atoms with Crippen molar-refractivity contribution >= 4 is 29.0 Å². The van der Waals surface area contributed by atoms with Gasteiger partial charge >= 0.3 is 0 Å². The molecule has 1 N–H and O–H groups in total. The van der Waals surface area contributed by atoms with Crippen LogP contribution in [0.3, 0.4) is 0 Å². The number of hydrogen-bond donors (Lipinski definition) is 1. The molecule has 1 heterocycles. The first-order chi connectivity index (χ1) is 11.5. The molecule has 0 saturated heterocycles. The minimum atomic E-state index is -0.175. The number of hydrogen-bond acceptors (Lipinski definition) is 3. The van der Waals surface area contributed by atoms with Crippen molar-refractivity contribution in [1.82, 2.24) is 14.5 Å². The lowest BCUT2D eigenvalue weighted by Gasteiger charge is -2.20. The van der Waals surface area contributed by atoms with E-state index < -0.39 is 0 Å². The number of unbranched alkanes of at least 4 members (excludes halogenated alkanes) is 1. The number of allylic oxidation sites excluding steroid dienone is 1. The largest absolute Gasteiger partial charge is 0.339 e. The van der Waals surface area contributed by atoms with Gasteiger partial charge in [-0.1, -0.05) is 19.4 Å². The topological polar surface area (TPSA) is 58.1 Å². The molecular formula is C18H23N3O2S. The number of carbonyl (C=O) groups excluding carboxylic acids is 1. The van der Waals surface area contributed by atoms with E-state index in [0.717, 1.165) is 19.4 Å². The average molecular weight is 345 g/mol. The van der Waals surface area contributed by atoms with Crippen molar-refractivity contribution in [3.8, 4) is 0 Å². The van der Waals surface area contributed by atoms with Gasteiger partial charge in [-0.15, -0.1) is 6.58 Å². The van der Waals surface area contributed by atoms with E-state index in [-0.39, 0.29) is 11.5 Å². The molecule has 0 aliphatic carbocycles. The van der Waals surface area contributed by atoms with E-state index in [2.05, 4.69) is 18.5 Å². The zero-order valence-electron chi connectivity index (χ0n) is 14.2. The molecule has 0 bridgehead atoms. The number of carbonyl (C=O) groups is 1. The third kappa shape index (κ3) is 3.64. The Balaban J connectivity index is 2.46. The van der Waals surface area contributed by atoms with Gasteiger partial charge in [-0.25, -0.2) is 0 Å². The van der Waals surface area contributed by atoms with Gasteiger partial charge in [0.15, 0.2) is 4.77 Å². The lowest BCUT2D eigenvalue weighted by atomic mass is 10.1. The number of fused-ring (bicyclic) bond motifs is 1. The van der Waals surface area contributed by atoms with Crippen molar-refractivity contribution in [2.75, 3.05) is 13.1 Å². The quantitative estimate of drug-likeness (QED) is 0.617. The maximum atomic E-state index is 12.7. The first-order valence-electron chi connectivity index (χ1n) is 8.20. The van der Waals surface area contributed by atoms with Crippen molar-refractivity contribution in [2.45, 2.75) is 33.2 Å². The van der Waals surface area contributed by atoms with Crippen LogP contribution in [0.1, 0.15) is 37.0 Å². The molecule has 0 spiro atoms. The molecule has 0 atom stereocenters. The summed E-state index contributed by atoms with van der Waals surface area (Å²) in [6.45, 7) is 9.46. The first-order valence-corrected chi connectivity index (χ1v) is 8.61. The molecule has 1 amide bonds. The van der Waals surface area contributed by atoms with Gasteiger partial charge in [-0.2, -0.15) is 0 Å². The molecule has 2 rings (SSSR count). The van der Waals surface area contributed by atoms with Gasteiger partial charge in [0.25, 0.3) is 11.5 Å². The summed E-state index contributed by atoms with van der Waals surface area (Å²) in [6, 6.07) is 5.10. The number of benzene rings is 1. The SMILES string of the molecule is C=CCn1c(=S)[nH]c2cc(C(=O)N(CC)CCCC)ccc2c1=O. The summed E-state index contributed by atoms with van der Waals surface area (Å²) in [5.41, 5.74) is 0.973. The Hall–Kier alpha value is -2.21. The highest BCUT2D eigenvalue weighted by Gasteiger charge is 2.15. The van der Waals surface area contributed by atoms with E-state index in [1.54, 1.807) is 24.3 Å². The Kier molecular flexibility index (Phi) is 6.09. The van der Waals surface area contributed by atoms with Crippen LogP contribution in [0, 0.1) is 4.77 Å². The van der Waals surface area contributed by atoms with Gasteiger partial charge in [0.1, 0.15) is 0 Å². The highest BCUT2D eigenvalue weighted by Crippen LogP contribution is 2.13. The molecule has 0 fully saturated rings. The Labute approximate surface area is 146 Å². The van der Waals surface area contributed by atoms with Crippen molar-refractivity contribution in [3.05, 3.63) is 51.5 Å². The maximum Gasteiger partial charge on any atom is 0.262 e. The number of nitrogens with one attached hydrogen (secondary N) is 1. The fourth-order valence-corrected chi connectivity index (χ4v) is 2.88. The number of aromatic nitrogens is 2. The summed E-state index contributed by atoms with van der Waals surface area (Å²) in [6.07, 6.45) is 3.64. The zero-order chi connectivity index (χ0) is 17.7. The van der Waals surface area contributed by atoms with Gasteiger partial charge in [0.2, 0.25) is 0 Å². The molecule has 2 aromatic rings. The average Bonchev–Trinajstić information content (AvgIpc) is 2.58. The number of aromatic amines is 1. The fourth-order valence-electron chi connectivity index (χ4n) is 2.62. The predicted molar refractivity (Wildman–Crippen MR) is 100 cm³/mol. The lowest BCUT2D eigenvalue weighted by Crippen LogP contribution is -2.31. The number of H-pyrrole nitrogens is 1. The van der Waals surface area contributed by atoms with Crippen LogP contribution in [0.25, 0.3) is 10.9 Å². The van der Waals surface area contributed by atoms with Gasteiger partial charge in [-0.05, 0) is 43.8 Å².